The first kappa shape index (κ1) is 6.66. The molecule has 0 aliphatic carbocycles. The molecule has 0 amide bonds. The van der Waals surface area contributed by atoms with Crippen molar-refractivity contribution in [3.8, 4) is 0 Å². The Hall–Kier alpha value is 0.657. The Morgan fingerprint density at radius 2 is 1.83 bits per heavy atom. The van der Waals surface area contributed by atoms with Gasteiger partial charge in [0.05, 0.1) is 0 Å². The molecule has 0 bridgehead atoms. The summed E-state index contributed by atoms with van der Waals surface area (Å²) in [4.78, 5) is 1.00. The molecule has 0 radical (unpaired) electrons. The van der Waals surface area contributed by atoms with E-state index in [1.165, 1.54) is 0 Å². The third-order valence-electron chi connectivity index (χ3n) is 0.344. The van der Waals surface area contributed by atoms with Crippen LogP contribution in [0.1, 0.15) is 0 Å². The van der Waals surface area contributed by atoms with E-state index >= 15 is 0 Å². The Kier molecular flexibility index (Phi) is 2.32. The van der Waals surface area contributed by atoms with Crippen LogP contribution in [0.25, 0.3) is 0 Å². The zero-order chi connectivity index (χ0) is 5.21. The van der Waals surface area contributed by atoms with Gasteiger partial charge in [-0.3, -0.25) is 0 Å². The second-order valence-corrected chi connectivity index (χ2v) is 8.05. The predicted octanol–water partition coefficient (Wildman–Crippen LogP) is 1.08. The van der Waals surface area contributed by atoms with Crippen LogP contribution >= 0.6 is 15.9 Å². The summed E-state index contributed by atoms with van der Waals surface area (Å²) in [5.74, 6) is 0. The van der Waals surface area contributed by atoms with Crippen molar-refractivity contribution in [3.63, 3.8) is 0 Å². The third kappa shape index (κ3) is 4.66. The van der Waals surface area contributed by atoms with Crippen molar-refractivity contribution in [2.24, 2.45) is 5.40 Å². The Morgan fingerprint density at radius 3 is 1.83 bits per heavy atom. The van der Waals surface area contributed by atoms with Crippen LogP contribution in [0.3, 0.4) is 0 Å². The molecule has 0 aliphatic rings. The molecule has 0 saturated carbocycles. The van der Waals surface area contributed by atoms with Gasteiger partial charge in [-0.05, 0) is 0 Å². The van der Waals surface area contributed by atoms with Gasteiger partial charge < -0.3 is 5.40 Å². The maximum absolute atomic E-state index is 5.63. The summed E-state index contributed by atoms with van der Waals surface area (Å²) in [6.45, 7) is 4.23. The number of nitrogens with two attached hydrogens (primary N) is 1. The monoisotopic (exact) mass is 167 g/mol. The maximum Gasteiger partial charge on any atom is 0.127 e. The van der Waals surface area contributed by atoms with Gasteiger partial charge in [0, 0.05) is 4.95 Å². The van der Waals surface area contributed by atoms with Crippen molar-refractivity contribution >= 4 is 24.2 Å². The molecule has 1 nitrogen and oxygen atoms in total. The quantitative estimate of drug-likeness (QED) is 0.460. The number of halogens is 1. The molecule has 0 fully saturated rings. The Balaban J connectivity index is 3.17. The summed E-state index contributed by atoms with van der Waals surface area (Å²) in [6.07, 6.45) is 0. The minimum absolute atomic E-state index is 1.00. The molecule has 0 aromatic rings. The SMILES string of the molecule is C[Si](C)(N)CBr. The van der Waals surface area contributed by atoms with Crippen LogP contribution < -0.4 is 5.40 Å². The molecule has 0 aromatic heterocycles. The largest absolute Gasteiger partial charge is 0.350 e. The van der Waals surface area contributed by atoms with Gasteiger partial charge in [0.15, 0.2) is 0 Å². The zero-order valence-electron chi connectivity index (χ0n) is 4.16. The standard InChI is InChI=1S/C3H10BrNSi/c1-6(2,5)3-4/h3,5H2,1-2H3. The summed E-state index contributed by atoms with van der Waals surface area (Å²) < 4.78 is 0. The number of rotatable bonds is 1. The predicted molar refractivity (Wildman–Crippen MR) is 35.5 cm³/mol. The van der Waals surface area contributed by atoms with Gasteiger partial charge in [-0.25, -0.2) is 0 Å². The van der Waals surface area contributed by atoms with Crippen molar-refractivity contribution in [2.75, 3.05) is 4.95 Å². The number of hydrogen-bond acceptors (Lipinski definition) is 1. The smallest absolute Gasteiger partial charge is 0.127 e. The zero-order valence-corrected chi connectivity index (χ0v) is 6.75. The van der Waals surface area contributed by atoms with Crippen molar-refractivity contribution in [1.29, 1.82) is 0 Å². The van der Waals surface area contributed by atoms with E-state index in [9.17, 15) is 0 Å². The lowest BCUT2D eigenvalue weighted by Gasteiger charge is -2.07. The molecule has 0 atom stereocenters. The first-order valence-corrected chi connectivity index (χ1v) is 6.32. The van der Waals surface area contributed by atoms with Crippen molar-refractivity contribution in [3.05, 3.63) is 0 Å². The fourth-order valence-corrected chi connectivity index (χ4v) is 0. The molecule has 0 heterocycles. The molecule has 0 saturated heterocycles. The summed E-state index contributed by atoms with van der Waals surface area (Å²) in [5, 5.41) is 5.63. The summed E-state index contributed by atoms with van der Waals surface area (Å²) in [7, 11) is -1.21. The Morgan fingerprint density at radius 1 is 1.67 bits per heavy atom. The highest BCUT2D eigenvalue weighted by Crippen LogP contribution is 1.94. The van der Waals surface area contributed by atoms with E-state index in [0.717, 1.165) is 4.95 Å². The molecule has 0 rings (SSSR count). The van der Waals surface area contributed by atoms with Gasteiger partial charge in [-0.2, -0.15) is 0 Å². The minimum atomic E-state index is -1.21. The average Bonchev–Trinajstić information content (AvgIpc) is 1.35. The third-order valence-corrected chi connectivity index (χ3v) is 5.37. The molecule has 6 heavy (non-hydrogen) atoms. The normalized spacial score (nSPS) is 12.0. The molecule has 3 heteroatoms. The van der Waals surface area contributed by atoms with Gasteiger partial charge in [-0.15, -0.1) is 0 Å². The fraction of sp³-hybridized carbons (Fsp3) is 1.00. The number of hydrogen-bond donors (Lipinski definition) is 1. The molecule has 38 valence electrons. The van der Waals surface area contributed by atoms with E-state index in [1.807, 2.05) is 0 Å². The van der Waals surface area contributed by atoms with Crippen LogP contribution in [-0.2, 0) is 0 Å². The first-order chi connectivity index (χ1) is 2.56. The minimum Gasteiger partial charge on any atom is -0.350 e. The highest BCUT2D eigenvalue weighted by Gasteiger charge is 2.09. The summed E-state index contributed by atoms with van der Waals surface area (Å²) >= 11 is 3.31. The summed E-state index contributed by atoms with van der Waals surface area (Å²) in [6, 6.07) is 0. The van der Waals surface area contributed by atoms with Gasteiger partial charge in [0.2, 0.25) is 0 Å². The highest BCUT2D eigenvalue weighted by atomic mass is 79.9. The first-order valence-electron chi connectivity index (χ1n) is 1.91. The lowest BCUT2D eigenvalue weighted by molar-refractivity contribution is 1.57. The summed E-state index contributed by atoms with van der Waals surface area (Å²) in [5.41, 5.74) is 0. The maximum atomic E-state index is 5.63. The molecule has 0 aromatic carbocycles. The fourth-order valence-electron chi connectivity index (χ4n) is 0. The van der Waals surface area contributed by atoms with Gasteiger partial charge in [0.25, 0.3) is 0 Å². The van der Waals surface area contributed by atoms with E-state index in [1.54, 1.807) is 0 Å². The Bertz CT molecular complexity index is 40.5. The van der Waals surface area contributed by atoms with Crippen LogP contribution in [0.15, 0.2) is 0 Å². The second kappa shape index (κ2) is 2.09. The highest BCUT2D eigenvalue weighted by molar-refractivity contribution is 9.09. The molecule has 0 aliphatic heterocycles. The van der Waals surface area contributed by atoms with Gasteiger partial charge >= 0.3 is 0 Å². The van der Waals surface area contributed by atoms with Crippen molar-refractivity contribution in [1.82, 2.24) is 0 Å². The topological polar surface area (TPSA) is 26.0 Å². The Labute approximate surface area is 48.1 Å². The van der Waals surface area contributed by atoms with E-state index < -0.39 is 8.24 Å². The molecule has 0 unspecified atom stereocenters. The van der Waals surface area contributed by atoms with E-state index in [0.29, 0.717) is 0 Å². The van der Waals surface area contributed by atoms with Gasteiger partial charge in [0.1, 0.15) is 8.24 Å². The van der Waals surface area contributed by atoms with Crippen molar-refractivity contribution in [2.45, 2.75) is 13.1 Å². The van der Waals surface area contributed by atoms with Crippen molar-refractivity contribution < 1.29 is 0 Å². The lowest BCUT2D eigenvalue weighted by Crippen LogP contribution is -2.40. The molecule has 0 spiro atoms. The van der Waals surface area contributed by atoms with Crippen LogP contribution in [0.4, 0.5) is 0 Å². The molecule has 2 N–H and O–H groups in total. The average molecular weight is 168 g/mol. The molecular formula is C3H10BrNSi. The number of alkyl halides is 1. The van der Waals surface area contributed by atoms with Crippen LogP contribution in [-0.4, -0.2) is 13.2 Å². The van der Waals surface area contributed by atoms with Crippen LogP contribution in [0.5, 0.6) is 0 Å². The van der Waals surface area contributed by atoms with Crippen LogP contribution in [0, 0.1) is 0 Å². The lowest BCUT2D eigenvalue weighted by atomic mass is 11.8. The van der Waals surface area contributed by atoms with E-state index in [-0.39, 0.29) is 0 Å². The second-order valence-electron chi connectivity index (χ2n) is 2.12. The van der Waals surface area contributed by atoms with E-state index in [2.05, 4.69) is 29.0 Å². The van der Waals surface area contributed by atoms with Crippen LogP contribution in [0.2, 0.25) is 13.1 Å². The van der Waals surface area contributed by atoms with E-state index in [4.69, 9.17) is 5.40 Å². The molecular weight excluding hydrogens is 158 g/mol. The van der Waals surface area contributed by atoms with Gasteiger partial charge in [-0.1, -0.05) is 29.0 Å².